The number of unbranched alkanes of at least 4 members (excludes halogenated alkanes) is 1. The van der Waals surface area contributed by atoms with Crippen molar-refractivity contribution in [2.24, 2.45) is 5.73 Å². The number of primary amides is 1. The third-order valence-corrected chi connectivity index (χ3v) is 1.26. The number of carbonyl (C=O) groups is 2. The van der Waals surface area contributed by atoms with Crippen molar-refractivity contribution in [2.75, 3.05) is 0 Å². The Labute approximate surface area is 65.7 Å². The van der Waals surface area contributed by atoms with Crippen LogP contribution < -0.4 is 5.73 Å². The van der Waals surface area contributed by atoms with Gasteiger partial charge in [0, 0.05) is 0 Å². The molecule has 0 aromatic carbocycles. The molecule has 0 spiro atoms. The molecule has 1 amide bonds. The van der Waals surface area contributed by atoms with E-state index in [-0.39, 0.29) is 0 Å². The van der Waals surface area contributed by atoms with Crippen molar-refractivity contribution < 1.29 is 14.3 Å². The van der Waals surface area contributed by atoms with Gasteiger partial charge in [0.1, 0.15) is 0 Å². The Hall–Kier alpha value is -1.06. The van der Waals surface area contributed by atoms with Gasteiger partial charge in [0.2, 0.25) is 0 Å². The summed E-state index contributed by atoms with van der Waals surface area (Å²) in [6.07, 6.45) is 1.43. The molecule has 4 heteroatoms. The number of hydrogen-bond donors (Lipinski definition) is 1. The Morgan fingerprint density at radius 3 is 2.73 bits per heavy atom. The fourth-order valence-corrected chi connectivity index (χ4v) is 0.709. The molecule has 0 rings (SSSR count). The molecule has 11 heavy (non-hydrogen) atoms. The number of amides is 1. The van der Waals surface area contributed by atoms with Crippen LogP contribution in [-0.4, -0.2) is 18.5 Å². The second-order valence-corrected chi connectivity index (χ2v) is 2.25. The van der Waals surface area contributed by atoms with Crippen LogP contribution in [0.25, 0.3) is 0 Å². The summed E-state index contributed by atoms with van der Waals surface area (Å²) in [5.41, 5.74) is 4.72. The van der Waals surface area contributed by atoms with Crippen LogP contribution in [0.4, 0.5) is 4.79 Å². The van der Waals surface area contributed by atoms with E-state index >= 15 is 0 Å². The molecule has 0 heterocycles. The molecule has 4 nitrogen and oxygen atoms in total. The van der Waals surface area contributed by atoms with Crippen LogP contribution >= 0.6 is 0 Å². The smallest absolute Gasteiger partial charge is 0.405 e. The molecule has 0 aromatic heterocycles. The standard InChI is InChI=1S/C7H13NO3/c1-2-3-4-6(5-9)11-7(8)10/h5-6H,2-4H2,1H3,(H2,8,10). The Bertz CT molecular complexity index is 136. The molecular weight excluding hydrogens is 146 g/mol. The number of ether oxygens (including phenoxy) is 1. The highest BCUT2D eigenvalue weighted by Gasteiger charge is 2.09. The van der Waals surface area contributed by atoms with Crippen molar-refractivity contribution in [3.63, 3.8) is 0 Å². The van der Waals surface area contributed by atoms with Crippen LogP contribution in [0.3, 0.4) is 0 Å². The van der Waals surface area contributed by atoms with Crippen molar-refractivity contribution in [1.29, 1.82) is 0 Å². The van der Waals surface area contributed by atoms with Gasteiger partial charge < -0.3 is 10.5 Å². The summed E-state index contributed by atoms with van der Waals surface area (Å²) < 4.78 is 4.47. The van der Waals surface area contributed by atoms with Crippen LogP contribution in [0.1, 0.15) is 26.2 Å². The van der Waals surface area contributed by atoms with Gasteiger partial charge in [-0.1, -0.05) is 13.3 Å². The number of hydrogen-bond acceptors (Lipinski definition) is 3. The summed E-state index contributed by atoms with van der Waals surface area (Å²) in [7, 11) is 0. The van der Waals surface area contributed by atoms with E-state index in [1.54, 1.807) is 0 Å². The zero-order chi connectivity index (χ0) is 8.69. The van der Waals surface area contributed by atoms with E-state index in [2.05, 4.69) is 4.74 Å². The molecule has 2 N–H and O–H groups in total. The van der Waals surface area contributed by atoms with E-state index in [4.69, 9.17) is 5.73 Å². The molecule has 1 atom stereocenters. The number of aldehydes is 1. The van der Waals surface area contributed by atoms with E-state index in [0.29, 0.717) is 12.7 Å². The predicted octanol–water partition coefficient (Wildman–Crippen LogP) is 0.839. The lowest BCUT2D eigenvalue weighted by atomic mass is 10.2. The van der Waals surface area contributed by atoms with Crippen molar-refractivity contribution in [3.05, 3.63) is 0 Å². The topological polar surface area (TPSA) is 69.4 Å². The zero-order valence-electron chi connectivity index (χ0n) is 6.58. The summed E-state index contributed by atoms with van der Waals surface area (Å²) in [5, 5.41) is 0. The first-order valence-corrected chi connectivity index (χ1v) is 3.62. The van der Waals surface area contributed by atoms with Gasteiger partial charge in [0.05, 0.1) is 0 Å². The van der Waals surface area contributed by atoms with Crippen LogP contribution in [-0.2, 0) is 9.53 Å². The van der Waals surface area contributed by atoms with E-state index in [0.717, 1.165) is 12.8 Å². The minimum Gasteiger partial charge on any atom is -0.439 e. The first-order valence-electron chi connectivity index (χ1n) is 3.62. The van der Waals surface area contributed by atoms with Gasteiger partial charge in [-0.3, -0.25) is 4.79 Å². The van der Waals surface area contributed by atoms with E-state index in [1.165, 1.54) is 0 Å². The lowest BCUT2D eigenvalue weighted by Crippen LogP contribution is -2.23. The first-order chi connectivity index (χ1) is 5.20. The van der Waals surface area contributed by atoms with Gasteiger partial charge >= 0.3 is 6.09 Å². The molecule has 0 bridgehead atoms. The highest BCUT2D eigenvalue weighted by atomic mass is 16.6. The van der Waals surface area contributed by atoms with Crippen LogP contribution in [0.5, 0.6) is 0 Å². The minimum atomic E-state index is -0.891. The Kier molecular flexibility index (Phi) is 5.15. The van der Waals surface area contributed by atoms with E-state index in [9.17, 15) is 9.59 Å². The van der Waals surface area contributed by atoms with Gasteiger partial charge in [0.15, 0.2) is 12.4 Å². The summed E-state index contributed by atoms with van der Waals surface area (Å²) >= 11 is 0. The minimum absolute atomic E-state index is 0.558. The average molecular weight is 159 g/mol. The van der Waals surface area contributed by atoms with Crippen LogP contribution in [0.2, 0.25) is 0 Å². The Balaban J connectivity index is 3.57. The summed E-state index contributed by atoms with van der Waals surface area (Å²) in [5.74, 6) is 0. The SMILES string of the molecule is CCCCC(C=O)OC(N)=O. The molecule has 0 saturated heterocycles. The van der Waals surface area contributed by atoms with Crippen molar-refractivity contribution in [1.82, 2.24) is 0 Å². The van der Waals surface area contributed by atoms with Gasteiger partial charge in [-0.25, -0.2) is 4.79 Å². The highest BCUT2D eigenvalue weighted by molar-refractivity contribution is 5.68. The van der Waals surface area contributed by atoms with Gasteiger partial charge in [0.25, 0.3) is 0 Å². The summed E-state index contributed by atoms with van der Waals surface area (Å²) in [6.45, 7) is 1.99. The normalized spacial score (nSPS) is 12.1. The van der Waals surface area contributed by atoms with Crippen molar-refractivity contribution >= 4 is 12.4 Å². The second-order valence-electron chi connectivity index (χ2n) is 2.25. The molecule has 0 radical (unpaired) electrons. The first kappa shape index (κ1) is 9.94. The predicted molar refractivity (Wildman–Crippen MR) is 40.0 cm³/mol. The Morgan fingerprint density at radius 2 is 2.36 bits per heavy atom. The third kappa shape index (κ3) is 5.39. The average Bonchev–Trinajstić information content (AvgIpc) is 1.97. The summed E-state index contributed by atoms with van der Waals surface area (Å²) in [6, 6.07) is 0. The molecule has 1 unspecified atom stereocenters. The lowest BCUT2D eigenvalue weighted by molar-refractivity contribution is -0.115. The fraction of sp³-hybridized carbons (Fsp3) is 0.714. The lowest BCUT2D eigenvalue weighted by Gasteiger charge is -2.07. The molecule has 0 aliphatic carbocycles. The molecule has 0 saturated carbocycles. The molecular formula is C7H13NO3. The van der Waals surface area contributed by atoms with E-state index < -0.39 is 12.2 Å². The quantitative estimate of drug-likeness (QED) is 0.604. The highest BCUT2D eigenvalue weighted by Crippen LogP contribution is 2.01. The fourth-order valence-electron chi connectivity index (χ4n) is 0.709. The summed E-state index contributed by atoms with van der Waals surface area (Å²) in [4.78, 5) is 20.4. The van der Waals surface area contributed by atoms with Gasteiger partial charge in [-0.05, 0) is 12.8 Å². The maximum Gasteiger partial charge on any atom is 0.405 e. The molecule has 64 valence electrons. The van der Waals surface area contributed by atoms with Crippen LogP contribution in [0, 0.1) is 0 Å². The molecule has 0 fully saturated rings. The zero-order valence-corrected chi connectivity index (χ0v) is 6.58. The Morgan fingerprint density at radius 1 is 1.73 bits per heavy atom. The van der Waals surface area contributed by atoms with Crippen molar-refractivity contribution in [2.45, 2.75) is 32.3 Å². The number of carbonyl (C=O) groups excluding carboxylic acids is 2. The molecule has 0 aliphatic heterocycles. The molecule has 0 aromatic rings. The van der Waals surface area contributed by atoms with Crippen LogP contribution in [0.15, 0.2) is 0 Å². The second kappa shape index (κ2) is 5.70. The third-order valence-electron chi connectivity index (χ3n) is 1.26. The number of rotatable bonds is 5. The number of nitrogens with two attached hydrogens (primary N) is 1. The van der Waals surface area contributed by atoms with Gasteiger partial charge in [-0.15, -0.1) is 0 Å². The largest absolute Gasteiger partial charge is 0.439 e. The van der Waals surface area contributed by atoms with Crippen molar-refractivity contribution in [3.8, 4) is 0 Å². The monoisotopic (exact) mass is 159 g/mol. The van der Waals surface area contributed by atoms with Gasteiger partial charge in [-0.2, -0.15) is 0 Å². The molecule has 0 aliphatic rings. The van der Waals surface area contributed by atoms with E-state index in [1.807, 2.05) is 6.92 Å². The maximum absolute atomic E-state index is 10.2. The maximum atomic E-state index is 10.2.